The molecule has 10 aromatic carbocycles. The summed E-state index contributed by atoms with van der Waals surface area (Å²) in [5.41, 5.74) is 5.00. The molecule has 3 aliphatic heterocycles. The fourth-order valence-corrected chi connectivity index (χ4v) is 13.9. The molecule has 15 atom stereocenters. The molecule has 3 heterocycles. The molecule has 0 bridgehead atoms. The predicted octanol–water partition coefficient (Wildman–Crippen LogP) is 14.6. The van der Waals surface area contributed by atoms with E-state index in [1.165, 1.54) is 11.8 Å². The van der Waals surface area contributed by atoms with E-state index in [1.54, 1.807) is 121 Å². The van der Waals surface area contributed by atoms with Gasteiger partial charge in [0, 0.05) is 0 Å². The summed E-state index contributed by atoms with van der Waals surface area (Å²) < 4.78 is 105. The minimum Gasteiger partial charge on any atom is -0.459 e. The number of hydrogen-bond donors (Lipinski definition) is 0. The lowest BCUT2D eigenvalue weighted by molar-refractivity contribution is -0.364. The van der Waals surface area contributed by atoms with Crippen molar-refractivity contribution in [1.29, 1.82) is 0 Å². The Hall–Kier alpha value is -10.0. The van der Waals surface area contributed by atoms with Crippen LogP contribution < -0.4 is 0 Å². The van der Waals surface area contributed by atoms with Crippen molar-refractivity contribution in [2.24, 2.45) is 0 Å². The molecule has 19 nitrogen and oxygen atoms in total. The molecule has 0 saturated carbocycles. The zero-order valence-corrected chi connectivity index (χ0v) is 60.9. The van der Waals surface area contributed by atoms with Crippen LogP contribution in [0.1, 0.15) is 74.8 Å². The molecule has 3 aliphatic rings. The molecule has 3 fully saturated rings. The van der Waals surface area contributed by atoms with Crippen LogP contribution in [0.5, 0.6) is 0 Å². The standard InChI is InChI=1S/C89H86O19S/c1-109-89-82(78(98-56-65-40-20-6-21-41-65)74(95-53-62-34-14-3-15-35-62)71(104-89)58-94-52-61-32-12-2-13-33-61)108-88-80(99-57-66-42-22-7-23-43-66)77(97-55-64-38-18-5-19-39-64)75(96-54-63-36-16-4-17-37-63)72(103-88)60-101-87-81(107-86(93)70-50-30-11-31-51-70)79(106-85(92)69-48-28-10-29-49-69)76(105-84(91)68-46-26-9-27-47-68)73(102-87)59-100-83(90)67-44-24-8-25-45-67/h2-51,71-82,87-89H,52-60H2,1H3/t71?,72?,73?,74-,75-,76-,77-,78-,79-,80?,81?,82?,87+,88-,89-/m0/s1. The van der Waals surface area contributed by atoms with Crippen LogP contribution in [-0.4, -0.2) is 141 Å². The molecule has 10 aromatic rings. The quantitative estimate of drug-likeness (QED) is 0.0271. The Bertz CT molecular complexity index is 4360. The monoisotopic (exact) mass is 1490 g/mol. The number of ether oxygens (including phenoxy) is 15. The molecule has 13 rings (SSSR count). The van der Waals surface area contributed by atoms with Crippen molar-refractivity contribution in [3.05, 3.63) is 359 Å². The normalized spacial score (nSPS) is 23.9. The molecule has 109 heavy (non-hydrogen) atoms. The lowest BCUT2D eigenvalue weighted by Crippen LogP contribution is -2.66. The molecular formula is C89H86O19S. The van der Waals surface area contributed by atoms with E-state index < -0.39 is 128 Å². The fourth-order valence-electron chi connectivity index (χ4n) is 13.1. The molecular weight excluding hydrogens is 1410 g/mol. The van der Waals surface area contributed by atoms with Crippen LogP contribution >= 0.6 is 11.8 Å². The lowest BCUT2D eigenvalue weighted by atomic mass is 9.96. The zero-order chi connectivity index (χ0) is 74.8. The van der Waals surface area contributed by atoms with Crippen LogP contribution in [0, 0.1) is 0 Å². The number of rotatable bonds is 34. The predicted molar refractivity (Wildman–Crippen MR) is 405 cm³/mol. The Balaban J connectivity index is 0.925. The molecule has 6 unspecified atom stereocenters. The molecule has 0 aliphatic carbocycles. The van der Waals surface area contributed by atoms with Gasteiger partial charge in [0.15, 0.2) is 30.9 Å². The summed E-state index contributed by atoms with van der Waals surface area (Å²) in [4.78, 5) is 58.4. The number of carbonyl (C=O) groups is 4. The maximum atomic E-state index is 14.9. The summed E-state index contributed by atoms with van der Waals surface area (Å²) in [6, 6.07) is 91.3. The molecule has 20 heteroatoms. The minimum atomic E-state index is -1.77. The first-order valence-corrected chi connectivity index (χ1v) is 37.6. The van der Waals surface area contributed by atoms with E-state index in [4.69, 9.17) is 71.1 Å². The van der Waals surface area contributed by atoms with Gasteiger partial charge in [-0.15, -0.1) is 11.8 Å². The summed E-state index contributed by atoms with van der Waals surface area (Å²) >= 11 is 1.42. The number of esters is 4. The highest BCUT2D eigenvalue weighted by atomic mass is 32.2. The number of hydrogen-bond acceptors (Lipinski definition) is 20. The number of thioether (sulfide) groups is 1. The molecule has 0 radical (unpaired) electrons. The second-order valence-corrected chi connectivity index (χ2v) is 27.2. The number of carbonyl (C=O) groups excluding carboxylic acids is 4. The van der Waals surface area contributed by atoms with Crippen LogP contribution in [0.2, 0.25) is 0 Å². The number of benzene rings is 10. The van der Waals surface area contributed by atoms with Gasteiger partial charge in [0.1, 0.15) is 67.0 Å². The third kappa shape index (κ3) is 21.5. The van der Waals surface area contributed by atoms with Gasteiger partial charge in [-0.3, -0.25) is 0 Å². The van der Waals surface area contributed by atoms with Crippen molar-refractivity contribution in [3.63, 3.8) is 0 Å². The average molecular weight is 1490 g/mol. The van der Waals surface area contributed by atoms with Crippen molar-refractivity contribution in [1.82, 2.24) is 0 Å². The highest BCUT2D eigenvalue weighted by Crippen LogP contribution is 2.40. The van der Waals surface area contributed by atoms with E-state index >= 15 is 0 Å². The Morgan fingerprint density at radius 2 is 0.578 bits per heavy atom. The highest BCUT2D eigenvalue weighted by molar-refractivity contribution is 7.99. The van der Waals surface area contributed by atoms with Crippen molar-refractivity contribution < 1.29 is 90.2 Å². The fraction of sp³-hybridized carbons (Fsp3) is 0.281. The van der Waals surface area contributed by atoms with Crippen molar-refractivity contribution in [2.75, 3.05) is 26.1 Å². The summed E-state index contributed by atoms with van der Waals surface area (Å²) in [6.45, 7) is -0.242. The smallest absolute Gasteiger partial charge is 0.338 e. The first-order chi connectivity index (χ1) is 53.7. The molecule has 0 aromatic heterocycles. The van der Waals surface area contributed by atoms with Crippen LogP contribution in [0.4, 0.5) is 0 Å². The molecule has 0 amide bonds. The molecule has 562 valence electrons. The second-order valence-electron chi connectivity index (χ2n) is 26.3. The zero-order valence-electron chi connectivity index (χ0n) is 60.1. The van der Waals surface area contributed by atoms with E-state index in [0.717, 1.165) is 33.4 Å². The molecule has 3 saturated heterocycles. The van der Waals surface area contributed by atoms with E-state index in [1.807, 2.05) is 188 Å². The van der Waals surface area contributed by atoms with E-state index in [0.29, 0.717) is 6.61 Å². The SMILES string of the molecule is CS[C@@H]1OC(COCc2ccccc2)[C@H](OCc2ccccc2)[C@H](OCc2ccccc2)C1O[C@@H]1OC(CO[C@@H]2OC(COC(=O)c3ccccc3)[C@H](OC(=O)c3ccccc3)[C@H](OC(=O)c3ccccc3)C2OC(=O)c2ccccc2)[C@H](OCc2ccccc2)[C@H](OCc2ccccc2)C1OCc1ccccc1. The Morgan fingerprint density at radius 3 is 0.972 bits per heavy atom. The van der Waals surface area contributed by atoms with Crippen LogP contribution in [-0.2, 0) is 111 Å². The third-order valence-corrected chi connectivity index (χ3v) is 19.5. The Labute approximate surface area is 638 Å². The lowest BCUT2D eigenvalue weighted by Gasteiger charge is -2.50. The first-order valence-electron chi connectivity index (χ1n) is 36.3. The van der Waals surface area contributed by atoms with Gasteiger partial charge in [0.05, 0.1) is 75.1 Å². The van der Waals surface area contributed by atoms with Gasteiger partial charge >= 0.3 is 23.9 Å². The Kier molecular flexibility index (Phi) is 28.2. The summed E-state index contributed by atoms with van der Waals surface area (Å²) in [5.74, 6) is -3.40. The van der Waals surface area contributed by atoms with Crippen molar-refractivity contribution in [3.8, 4) is 0 Å². The van der Waals surface area contributed by atoms with Gasteiger partial charge in [-0.1, -0.05) is 255 Å². The molecule has 0 N–H and O–H groups in total. The maximum Gasteiger partial charge on any atom is 0.338 e. The van der Waals surface area contributed by atoms with Crippen molar-refractivity contribution in [2.45, 2.75) is 131 Å². The second kappa shape index (κ2) is 39.9. The van der Waals surface area contributed by atoms with Crippen molar-refractivity contribution >= 4 is 35.6 Å². The minimum absolute atomic E-state index is 0.0279. The summed E-state index contributed by atoms with van der Waals surface area (Å²) in [6.07, 6.45) is -16.0. The van der Waals surface area contributed by atoms with Gasteiger partial charge in [-0.05, 0) is 88.2 Å². The largest absolute Gasteiger partial charge is 0.459 e. The van der Waals surface area contributed by atoms with Gasteiger partial charge < -0.3 is 71.1 Å². The van der Waals surface area contributed by atoms with Crippen LogP contribution in [0.15, 0.2) is 303 Å². The van der Waals surface area contributed by atoms with E-state index in [9.17, 15) is 19.2 Å². The van der Waals surface area contributed by atoms with E-state index in [-0.39, 0.29) is 61.9 Å². The summed E-state index contributed by atoms with van der Waals surface area (Å²) in [5, 5.41) is 0. The first kappa shape index (κ1) is 77.2. The third-order valence-electron chi connectivity index (χ3n) is 18.7. The summed E-state index contributed by atoms with van der Waals surface area (Å²) in [7, 11) is 0. The maximum absolute atomic E-state index is 14.9. The van der Waals surface area contributed by atoms with Crippen LogP contribution in [0.25, 0.3) is 0 Å². The van der Waals surface area contributed by atoms with Gasteiger partial charge in [-0.2, -0.15) is 0 Å². The average Bonchev–Trinajstić information content (AvgIpc) is 0.771. The topological polar surface area (TPSA) is 207 Å². The van der Waals surface area contributed by atoms with Gasteiger partial charge in [-0.25, -0.2) is 19.2 Å². The molecule has 0 spiro atoms. The van der Waals surface area contributed by atoms with Gasteiger partial charge in [0.25, 0.3) is 0 Å². The highest BCUT2D eigenvalue weighted by Gasteiger charge is 2.57. The van der Waals surface area contributed by atoms with Gasteiger partial charge in [0.2, 0.25) is 0 Å². The Morgan fingerprint density at radius 1 is 0.275 bits per heavy atom. The van der Waals surface area contributed by atoms with E-state index in [2.05, 4.69) is 0 Å². The van der Waals surface area contributed by atoms with Crippen LogP contribution in [0.3, 0.4) is 0 Å².